The Balaban J connectivity index is 1.91. The lowest BCUT2D eigenvalue weighted by molar-refractivity contribution is -0.183. The molecule has 0 bridgehead atoms. The molecule has 0 saturated heterocycles. The van der Waals surface area contributed by atoms with E-state index in [2.05, 4.69) is 15.4 Å². The van der Waals surface area contributed by atoms with E-state index >= 15 is 0 Å². The lowest BCUT2D eigenvalue weighted by Crippen LogP contribution is -2.45. The third kappa shape index (κ3) is 3.62. The Morgan fingerprint density at radius 2 is 2.04 bits per heavy atom. The molecule has 10 heteroatoms. The maximum absolute atomic E-state index is 12.3. The van der Waals surface area contributed by atoms with Crippen molar-refractivity contribution in [3.8, 4) is 11.5 Å². The third-order valence-electron chi connectivity index (χ3n) is 3.59. The summed E-state index contributed by atoms with van der Waals surface area (Å²) >= 11 is 0. The van der Waals surface area contributed by atoms with Crippen molar-refractivity contribution in [2.75, 3.05) is 13.4 Å². The van der Waals surface area contributed by atoms with Crippen LogP contribution < -0.4 is 20.1 Å². The summed E-state index contributed by atoms with van der Waals surface area (Å²) in [5, 5.41) is 4.85. The summed E-state index contributed by atoms with van der Waals surface area (Å²) in [6.07, 6.45) is -4.65. The first kappa shape index (κ1) is 16.9. The number of nitrogens with one attached hydrogen (secondary N) is 2. The van der Waals surface area contributed by atoms with Gasteiger partial charge in [0.05, 0.1) is 11.6 Å². The van der Waals surface area contributed by atoms with Gasteiger partial charge in [0.2, 0.25) is 6.79 Å². The second-order valence-electron chi connectivity index (χ2n) is 5.37. The minimum atomic E-state index is -4.65. The fraction of sp³-hybridized carbons (Fsp3) is 0.333. The summed E-state index contributed by atoms with van der Waals surface area (Å²) in [6.45, 7) is -0.278. The topological polar surface area (TPSA) is 85.9 Å². The van der Waals surface area contributed by atoms with Gasteiger partial charge >= 0.3 is 18.2 Å². The summed E-state index contributed by atoms with van der Waals surface area (Å²) in [5.41, 5.74) is 0.429. The van der Waals surface area contributed by atoms with Gasteiger partial charge in [-0.15, -0.1) is 0 Å². The number of urea groups is 1. The Kier molecular flexibility index (Phi) is 4.19. The van der Waals surface area contributed by atoms with Gasteiger partial charge in [0, 0.05) is 5.70 Å². The highest BCUT2D eigenvalue weighted by Gasteiger charge is 2.36. The second-order valence-corrected chi connectivity index (χ2v) is 5.37. The molecule has 2 aliphatic heterocycles. The largest absolute Gasteiger partial charge is 0.454 e. The number of amides is 2. The van der Waals surface area contributed by atoms with Crippen molar-refractivity contribution in [3.05, 3.63) is 35.0 Å². The molecule has 7 nitrogen and oxygen atoms in total. The van der Waals surface area contributed by atoms with E-state index in [0.717, 1.165) is 0 Å². The van der Waals surface area contributed by atoms with E-state index in [1.807, 2.05) is 0 Å². The number of hydrogen-bond donors (Lipinski definition) is 2. The molecule has 2 aliphatic rings. The van der Waals surface area contributed by atoms with E-state index < -0.39 is 30.8 Å². The van der Waals surface area contributed by atoms with Gasteiger partial charge in [-0.05, 0) is 24.6 Å². The van der Waals surface area contributed by atoms with Crippen molar-refractivity contribution < 1.29 is 37.0 Å². The number of rotatable bonds is 3. The molecule has 1 atom stereocenters. The van der Waals surface area contributed by atoms with Gasteiger partial charge in [-0.2, -0.15) is 13.2 Å². The van der Waals surface area contributed by atoms with Crippen molar-refractivity contribution in [1.29, 1.82) is 0 Å². The first-order chi connectivity index (χ1) is 11.7. The molecule has 0 unspecified atom stereocenters. The maximum Gasteiger partial charge on any atom is 0.422 e. The van der Waals surface area contributed by atoms with Gasteiger partial charge < -0.3 is 24.8 Å². The van der Waals surface area contributed by atoms with E-state index in [0.29, 0.717) is 17.1 Å². The lowest BCUT2D eigenvalue weighted by atomic mass is 9.95. The van der Waals surface area contributed by atoms with Crippen LogP contribution in [0.2, 0.25) is 0 Å². The van der Waals surface area contributed by atoms with Crippen molar-refractivity contribution in [2.24, 2.45) is 0 Å². The Morgan fingerprint density at radius 1 is 1.32 bits per heavy atom. The smallest absolute Gasteiger partial charge is 0.422 e. The first-order valence-corrected chi connectivity index (χ1v) is 7.16. The van der Waals surface area contributed by atoms with Crippen LogP contribution in [0.3, 0.4) is 0 Å². The van der Waals surface area contributed by atoms with Gasteiger partial charge in [-0.25, -0.2) is 9.59 Å². The van der Waals surface area contributed by atoms with Crippen LogP contribution in [0.5, 0.6) is 11.5 Å². The van der Waals surface area contributed by atoms with Gasteiger partial charge in [0.1, 0.15) is 0 Å². The van der Waals surface area contributed by atoms with Crippen molar-refractivity contribution >= 4 is 12.0 Å². The fourth-order valence-corrected chi connectivity index (χ4v) is 2.53. The molecule has 0 fully saturated rings. The number of ether oxygens (including phenoxy) is 3. The highest BCUT2D eigenvalue weighted by atomic mass is 19.4. The Morgan fingerprint density at radius 3 is 2.76 bits per heavy atom. The first-order valence-electron chi connectivity index (χ1n) is 7.16. The zero-order valence-corrected chi connectivity index (χ0v) is 12.9. The van der Waals surface area contributed by atoms with Crippen molar-refractivity contribution in [2.45, 2.75) is 19.1 Å². The number of carbonyl (C=O) groups excluding carboxylic acids is 2. The van der Waals surface area contributed by atoms with E-state index in [1.165, 1.54) is 6.92 Å². The van der Waals surface area contributed by atoms with Gasteiger partial charge in [0.25, 0.3) is 0 Å². The number of fused-ring (bicyclic) bond motifs is 1. The number of benzene rings is 1. The minimum Gasteiger partial charge on any atom is -0.454 e. The standard InChI is InChI=1S/C15H13F3N2O5/c1-7-11(13(21)23-5-15(16,17)18)12(20-14(22)19-7)8-2-3-9-10(4-8)25-6-24-9/h2-4,12H,5-6H2,1H3,(H2,19,20,22)/t12-/m1/s1. The summed E-state index contributed by atoms with van der Waals surface area (Å²) in [7, 11) is 0. The number of hydrogen-bond acceptors (Lipinski definition) is 5. The predicted molar refractivity (Wildman–Crippen MR) is 76.7 cm³/mol. The van der Waals surface area contributed by atoms with Crippen molar-refractivity contribution in [3.63, 3.8) is 0 Å². The Labute approximate surface area is 139 Å². The van der Waals surface area contributed by atoms with Crippen LogP contribution in [0.4, 0.5) is 18.0 Å². The van der Waals surface area contributed by atoms with Crippen LogP contribution in [-0.2, 0) is 9.53 Å². The summed E-state index contributed by atoms with van der Waals surface area (Å²) < 4.78 is 51.7. The predicted octanol–water partition coefficient (Wildman–Crippen LogP) is 2.15. The van der Waals surface area contributed by atoms with E-state index in [4.69, 9.17) is 9.47 Å². The SMILES string of the molecule is CC1=C(C(=O)OCC(F)(F)F)[C@@H](c2ccc3c(c2)OCO3)NC(=O)N1. The van der Waals surface area contributed by atoms with Crippen LogP contribution >= 0.6 is 0 Å². The average molecular weight is 358 g/mol. The van der Waals surface area contributed by atoms with Crippen LogP contribution in [0, 0.1) is 0 Å². The molecule has 25 heavy (non-hydrogen) atoms. The van der Waals surface area contributed by atoms with Crippen molar-refractivity contribution in [1.82, 2.24) is 10.6 Å². The molecule has 1 aromatic carbocycles. The van der Waals surface area contributed by atoms with Crippen LogP contribution in [0.15, 0.2) is 29.5 Å². The summed E-state index contributed by atoms with van der Waals surface area (Å²) in [6, 6.07) is 3.13. The normalized spacial score (nSPS) is 19.4. The highest BCUT2D eigenvalue weighted by molar-refractivity contribution is 5.95. The molecule has 134 valence electrons. The van der Waals surface area contributed by atoms with Crippen LogP contribution in [-0.4, -0.2) is 31.6 Å². The average Bonchev–Trinajstić information content (AvgIpc) is 2.98. The maximum atomic E-state index is 12.3. The number of esters is 1. The van der Waals surface area contributed by atoms with Crippen LogP contribution in [0.1, 0.15) is 18.5 Å². The van der Waals surface area contributed by atoms with Gasteiger partial charge in [-0.1, -0.05) is 6.07 Å². The summed E-state index contributed by atoms with van der Waals surface area (Å²) in [4.78, 5) is 23.9. The zero-order chi connectivity index (χ0) is 18.2. The number of halogens is 3. The molecule has 0 saturated carbocycles. The fourth-order valence-electron chi connectivity index (χ4n) is 2.53. The van der Waals surface area contributed by atoms with E-state index in [9.17, 15) is 22.8 Å². The highest BCUT2D eigenvalue weighted by Crippen LogP contribution is 2.37. The molecule has 2 heterocycles. The molecule has 2 N–H and O–H groups in total. The molecular weight excluding hydrogens is 345 g/mol. The number of carbonyl (C=O) groups is 2. The molecule has 2 amide bonds. The second kappa shape index (κ2) is 6.19. The van der Waals surface area contributed by atoms with Gasteiger partial charge in [0.15, 0.2) is 18.1 Å². The zero-order valence-electron chi connectivity index (χ0n) is 12.9. The molecule has 0 aliphatic carbocycles. The minimum absolute atomic E-state index is 0.0344. The summed E-state index contributed by atoms with van der Waals surface area (Å²) in [5.74, 6) is -0.276. The Bertz CT molecular complexity index is 760. The number of alkyl halides is 3. The van der Waals surface area contributed by atoms with Gasteiger partial charge in [-0.3, -0.25) is 0 Å². The monoisotopic (exact) mass is 358 g/mol. The van der Waals surface area contributed by atoms with Crippen LogP contribution in [0.25, 0.3) is 0 Å². The van der Waals surface area contributed by atoms with E-state index in [1.54, 1.807) is 18.2 Å². The quantitative estimate of drug-likeness (QED) is 0.809. The third-order valence-corrected chi connectivity index (χ3v) is 3.59. The number of allylic oxidation sites excluding steroid dienone is 1. The molecule has 0 aromatic heterocycles. The lowest BCUT2D eigenvalue weighted by Gasteiger charge is -2.28. The molecule has 3 rings (SSSR count). The molecule has 0 spiro atoms. The molecule has 0 radical (unpaired) electrons. The van der Waals surface area contributed by atoms with E-state index in [-0.39, 0.29) is 18.1 Å². The Hall–Kier alpha value is -2.91. The molecule has 1 aromatic rings. The molecular formula is C15H13F3N2O5.